The van der Waals surface area contributed by atoms with Gasteiger partial charge >= 0.3 is 6.61 Å². The predicted molar refractivity (Wildman–Crippen MR) is 170 cm³/mol. The first-order chi connectivity index (χ1) is 22.5. The highest BCUT2D eigenvalue weighted by molar-refractivity contribution is 5.82. The Kier molecular flexibility index (Phi) is 10.3. The summed E-state index contributed by atoms with van der Waals surface area (Å²) in [6.45, 7) is 2.10. The number of hydrogen-bond acceptors (Lipinski definition) is 8. The third-order valence-electron chi connectivity index (χ3n) is 11.0. The Labute approximate surface area is 274 Å². The van der Waals surface area contributed by atoms with E-state index in [4.69, 9.17) is 10.5 Å². The van der Waals surface area contributed by atoms with Gasteiger partial charge in [-0.05, 0) is 81.4 Å². The molecule has 252 valence electrons. The van der Waals surface area contributed by atoms with E-state index < -0.39 is 47.5 Å². The standard InChI is InChI=1S/C37H45F2N3O5/c1-3-36(32(43)44)30(28-17-10-11-18-29(28)47-34(38)39)37(33(45)46,25(2)41-31(36)40)19-12-22-42-23-20-35(21-24-42,26-13-6-4-7-14-26)27-15-8-5-9-16-27/h4-11,13-18,25,30-31,34,41H,3,12,19-24,40H2,1-2H3,(H,43,44)(H,45,46)/p-2/t25?,30?,31-,36?,37?/m1/s1. The number of likely N-dealkylation sites (tertiary alicyclic amines) is 1. The van der Waals surface area contributed by atoms with Gasteiger partial charge in [0.25, 0.3) is 0 Å². The number of carboxylic acid groups (broad SMARTS) is 2. The Morgan fingerprint density at radius 3 is 1.96 bits per heavy atom. The quantitative estimate of drug-likeness (QED) is 0.306. The molecule has 2 fully saturated rings. The van der Waals surface area contributed by atoms with Crippen LogP contribution in [0.3, 0.4) is 0 Å². The molecular weight excluding hydrogens is 604 g/mol. The number of benzene rings is 3. The number of piperidine rings is 2. The zero-order valence-electron chi connectivity index (χ0n) is 26.9. The van der Waals surface area contributed by atoms with E-state index in [1.54, 1.807) is 19.9 Å². The average molecular weight is 648 g/mol. The van der Waals surface area contributed by atoms with E-state index in [0.717, 1.165) is 25.9 Å². The Morgan fingerprint density at radius 2 is 1.45 bits per heavy atom. The third-order valence-corrected chi connectivity index (χ3v) is 11.0. The van der Waals surface area contributed by atoms with E-state index in [2.05, 4.69) is 58.7 Å². The first kappa shape index (κ1) is 34.5. The van der Waals surface area contributed by atoms with Gasteiger partial charge in [0.05, 0.1) is 12.1 Å². The van der Waals surface area contributed by atoms with Crippen molar-refractivity contribution in [2.45, 2.75) is 76.1 Å². The molecule has 0 amide bonds. The molecule has 0 spiro atoms. The van der Waals surface area contributed by atoms with Crippen molar-refractivity contribution in [1.29, 1.82) is 0 Å². The highest BCUT2D eigenvalue weighted by Gasteiger charge is 2.62. The van der Waals surface area contributed by atoms with Gasteiger partial charge in [0.2, 0.25) is 0 Å². The van der Waals surface area contributed by atoms with Gasteiger partial charge in [0, 0.05) is 34.2 Å². The molecule has 0 aliphatic carbocycles. The van der Waals surface area contributed by atoms with Crippen molar-refractivity contribution in [3.8, 4) is 5.75 Å². The van der Waals surface area contributed by atoms with Gasteiger partial charge in [-0.15, -0.1) is 0 Å². The van der Waals surface area contributed by atoms with Gasteiger partial charge in [0.1, 0.15) is 5.75 Å². The summed E-state index contributed by atoms with van der Waals surface area (Å²) in [5.74, 6) is -4.73. The molecular formula is C37H43F2N3O5-2. The molecule has 3 aromatic carbocycles. The number of carbonyl (C=O) groups is 2. The molecule has 10 heteroatoms. The first-order valence-corrected chi connectivity index (χ1v) is 16.3. The second-order valence-electron chi connectivity index (χ2n) is 13.0. The van der Waals surface area contributed by atoms with Crippen LogP contribution in [0, 0.1) is 10.8 Å². The summed E-state index contributed by atoms with van der Waals surface area (Å²) in [6, 6.07) is 25.8. The number of hydrogen-bond donors (Lipinski definition) is 2. The maximum atomic E-state index is 13.6. The number of nitrogens with one attached hydrogen (secondary N) is 1. The van der Waals surface area contributed by atoms with E-state index in [0.29, 0.717) is 13.0 Å². The largest absolute Gasteiger partial charge is 0.549 e. The number of nitrogens with two attached hydrogens (primary N) is 1. The number of ether oxygens (including phenoxy) is 1. The molecule has 0 aromatic heterocycles. The van der Waals surface area contributed by atoms with E-state index >= 15 is 0 Å². The summed E-state index contributed by atoms with van der Waals surface area (Å²) in [6.07, 6.45) is 0.786. The summed E-state index contributed by atoms with van der Waals surface area (Å²) < 4.78 is 31.9. The summed E-state index contributed by atoms with van der Waals surface area (Å²) in [5.41, 5.74) is 5.01. The van der Waals surface area contributed by atoms with Crippen LogP contribution in [0.25, 0.3) is 0 Å². The summed E-state index contributed by atoms with van der Waals surface area (Å²) in [4.78, 5) is 28.7. The Morgan fingerprint density at radius 1 is 0.915 bits per heavy atom. The number of nitrogens with zero attached hydrogens (tertiary/aromatic N) is 1. The number of aliphatic carboxylic acids is 2. The maximum Gasteiger partial charge on any atom is 0.387 e. The Bertz CT molecular complexity index is 1480. The van der Waals surface area contributed by atoms with Crippen molar-refractivity contribution in [2.24, 2.45) is 16.6 Å². The van der Waals surface area contributed by atoms with Crippen LogP contribution in [0.5, 0.6) is 5.75 Å². The fourth-order valence-corrected chi connectivity index (χ4v) is 8.52. The molecule has 0 saturated carbocycles. The van der Waals surface area contributed by atoms with Crippen LogP contribution in [-0.4, -0.2) is 55.3 Å². The fraction of sp³-hybridized carbons (Fsp3) is 0.459. The van der Waals surface area contributed by atoms with E-state index in [9.17, 15) is 28.6 Å². The first-order valence-electron chi connectivity index (χ1n) is 16.3. The Balaban J connectivity index is 1.45. The lowest BCUT2D eigenvalue weighted by atomic mass is 9.50. The summed E-state index contributed by atoms with van der Waals surface area (Å²) >= 11 is 0. The average Bonchev–Trinajstić information content (AvgIpc) is 3.06. The van der Waals surface area contributed by atoms with Gasteiger partial charge in [-0.3, -0.25) is 5.32 Å². The molecule has 5 atom stereocenters. The molecule has 2 aliphatic rings. The molecule has 8 nitrogen and oxygen atoms in total. The van der Waals surface area contributed by atoms with Crippen molar-refractivity contribution in [3.05, 3.63) is 102 Å². The summed E-state index contributed by atoms with van der Waals surface area (Å²) in [5, 5.41) is 29.4. The molecule has 0 radical (unpaired) electrons. The minimum absolute atomic E-state index is 0.0118. The van der Waals surface area contributed by atoms with Crippen molar-refractivity contribution in [3.63, 3.8) is 0 Å². The molecule has 47 heavy (non-hydrogen) atoms. The lowest BCUT2D eigenvalue weighted by molar-refractivity contribution is -0.337. The molecule has 5 rings (SSSR count). The predicted octanol–water partition coefficient (Wildman–Crippen LogP) is 3.39. The Hall–Kier alpha value is -3.86. The molecule has 4 unspecified atom stereocenters. The van der Waals surface area contributed by atoms with Gasteiger partial charge < -0.3 is 35.2 Å². The fourth-order valence-electron chi connectivity index (χ4n) is 8.52. The van der Waals surface area contributed by atoms with Gasteiger partial charge in [-0.1, -0.05) is 85.8 Å². The van der Waals surface area contributed by atoms with Crippen molar-refractivity contribution < 1.29 is 33.3 Å². The van der Waals surface area contributed by atoms with Crippen LogP contribution >= 0.6 is 0 Å². The van der Waals surface area contributed by atoms with Crippen LogP contribution in [0.2, 0.25) is 0 Å². The number of halogens is 2. The lowest BCUT2D eigenvalue weighted by Crippen LogP contribution is -2.75. The number of alkyl halides is 2. The van der Waals surface area contributed by atoms with Crippen molar-refractivity contribution in [2.75, 3.05) is 19.6 Å². The van der Waals surface area contributed by atoms with Crippen LogP contribution in [-0.2, 0) is 15.0 Å². The highest BCUT2D eigenvalue weighted by atomic mass is 19.3. The minimum Gasteiger partial charge on any atom is -0.549 e. The lowest BCUT2D eigenvalue weighted by Gasteiger charge is -2.61. The zero-order valence-corrected chi connectivity index (χ0v) is 26.9. The third kappa shape index (κ3) is 6.14. The maximum absolute atomic E-state index is 13.6. The number of rotatable bonds is 12. The topological polar surface area (TPSA) is 131 Å². The van der Waals surface area contributed by atoms with Crippen molar-refractivity contribution >= 4 is 11.9 Å². The van der Waals surface area contributed by atoms with Gasteiger partial charge in [-0.2, -0.15) is 8.78 Å². The molecule has 2 aliphatic heterocycles. The highest BCUT2D eigenvalue weighted by Crippen LogP contribution is 2.59. The van der Waals surface area contributed by atoms with E-state index in [1.165, 1.54) is 29.3 Å². The molecule has 2 saturated heterocycles. The van der Waals surface area contributed by atoms with Crippen LogP contribution in [0.15, 0.2) is 84.9 Å². The number of carbonyl (C=O) groups excluding carboxylic acids is 2. The molecule has 2 heterocycles. The summed E-state index contributed by atoms with van der Waals surface area (Å²) in [7, 11) is 0. The second-order valence-corrected chi connectivity index (χ2v) is 13.0. The van der Waals surface area contributed by atoms with Gasteiger partial charge in [0.15, 0.2) is 0 Å². The van der Waals surface area contributed by atoms with Crippen LogP contribution in [0.4, 0.5) is 8.78 Å². The van der Waals surface area contributed by atoms with Crippen molar-refractivity contribution in [1.82, 2.24) is 10.2 Å². The monoisotopic (exact) mass is 647 g/mol. The smallest absolute Gasteiger partial charge is 0.387 e. The van der Waals surface area contributed by atoms with Crippen LogP contribution < -0.4 is 26.0 Å². The minimum atomic E-state index is -3.21. The molecule has 3 aromatic rings. The van der Waals surface area contributed by atoms with E-state index in [1.807, 2.05) is 12.1 Å². The molecule has 0 bridgehead atoms. The normalized spacial score (nSPS) is 27.7. The number of para-hydroxylation sites is 1. The van der Waals surface area contributed by atoms with Gasteiger partial charge in [-0.25, -0.2) is 0 Å². The second kappa shape index (κ2) is 14.1. The SMILES string of the molecule is CCC1(C(=O)[O-])C(c2ccccc2OC(F)F)C(CCCN2CCC(c3ccccc3)(c3ccccc3)CC2)(C(=O)[O-])C(C)N[C@H]1N. The van der Waals surface area contributed by atoms with Crippen LogP contribution in [0.1, 0.15) is 68.6 Å². The molecule has 3 N–H and O–H groups in total. The zero-order chi connectivity index (χ0) is 33.8. The van der Waals surface area contributed by atoms with E-state index in [-0.39, 0.29) is 29.6 Å². The number of carboxylic acids is 2.